The largest absolute Gasteiger partial charge is 0.477 e. The second kappa shape index (κ2) is 5.01. The van der Waals surface area contributed by atoms with Crippen LogP contribution in [0, 0.1) is 6.92 Å². The number of imidazole rings is 1. The van der Waals surface area contributed by atoms with Gasteiger partial charge in [0.2, 0.25) is 0 Å². The molecule has 0 spiro atoms. The third-order valence-corrected chi connectivity index (χ3v) is 2.82. The van der Waals surface area contributed by atoms with Crippen molar-refractivity contribution in [3.63, 3.8) is 0 Å². The van der Waals surface area contributed by atoms with E-state index >= 15 is 0 Å². The molecule has 0 amide bonds. The molecular weight excluding hydrogens is 232 g/mol. The minimum absolute atomic E-state index is 0.00472. The van der Waals surface area contributed by atoms with Crippen LogP contribution in [0.15, 0.2) is 30.5 Å². The van der Waals surface area contributed by atoms with Crippen LogP contribution in [0.1, 0.15) is 27.4 Å². The topological polar surface area (TPSA) is 75.3 Å². The summed E-state index contributed by atoms with van der Waals surface area (Å²) in [6.45, 7) is 2.23. The number of aliphatic hydroxyl groups excluding tert-OH is 1. The number of rotatable bonds is 4. The number of aryl methyl sites for hydroxylation is 1. The lowest BCUT2D eigenvalue weighted by atomic mass is 10.1. The van der Waals surface area contributed by atoms with Crippen LogP contribution in [0.2, 0.25) is 0 Å². The summed E-state index contributed by atoms with van der Waals surface area (Å²) in [5, 5.41) is 18.0. The first kappa shape index (κ1) is 12.3. The van der Waals surface area contributed by atoms with Crippen molar-refractivity contribution in [2.45, 2.75) is 20.1 Å². The summed E-state index contributed by atoms with van der Waals surface area (Å²) in [5.74, 6) is -0.318. The van der Waals surface area contributed by atoms with Crippen molar-refractivity contribution >= 4 is 5.97 Å². The molecule has 1 aromatic heterocycles. The smallest absolute Gasteiger partial charge is 0.354 e. The van der Waals surface area contributed by atoms with Crippen molar-refractivity contribution in [2.75, 3.05) is 0 Å². The van der Waals surface area contributed by atoms with Crippen molar-refractivity contribution in [2.24, 2.45) is 0 Å². The van der Waals surface area contributed by atoms with Crippen molar-refractivity contribution in [3.8, 4) is 0 Å². The van der Waals surface area contributed by atoms with Gasteiger partial charge < -0.3 is 14.8 Å². The molecule has 0 saturated carbocycles. The number of carbonyl (C=O) groups is 1. The average molecular weight is 246 g/mol. The summed E-state index contributed by atoms with van der Waals surface area (Å²) < 4.78 is 1.65. The highest BCUT2D eigenvalue weighted by Gasteiger charge is 2.13. The summed E-state index contributed by atoms with van der Waals surface area (Å²) in [4.78, 5) is 15.0. The van der Waals surface area contributed by atoms with Crippen LogP contribution >= 0.6 is 0 Å². The van der Waals surface area contributed by atoms with E-state index in [1.807, 2.05) is 24.3 Å². The number of carboxylic acids is 1. The zero-order chi connectivity index (χ0) is 13.1. The molecule has 0 bridgehead atoms. The fraction of sp³-hybridized carbons (Fsp3) is 0.231. The molecule has 0 aliphatic heterocycles. The second-order valence-electron chi connectivity index (χ2n) is 4.06. The molecule has 0 radical (unpaired) electrons. The van der Waals surface area contributed by atoms with Crippen molar-refractivity contribution in [3.05, 3.63) is 53.1 Å². The van der Waals surface area contributed by atoms with E-state index in [-0.39, 0.29) is 12.3 Å². The van der Waals surface area contributed by atoms with Gasteiger partial charge in [-0.2, -0.15) is 0 Å². The first-order valence-electron chi connectivity index (χ1n) is 5.56. The maximum Gasteiger partial charge on any atom is 0.354 e. The van der Waals surface area contributed by atoms with Crippen LogP contribution in [0.3, 0.4) is 0 Å². The maximum atomic E-state index is 11.0. The Morgan fingerprint density at radius 2 is 1.89 bits per heavy atom. The van der Waals surface area contributed by atoms with E-state index < -0.39 is 5.97 Å². The number of nitrogens with zero attached hydrogens (tertiary/aromatic N) is 2. The standard InChI is InChI=1S/C13H14N2O3/c1-9-14-6-12(13(17)18)15(9)7-10-2-4-11(8-16)5-3-10/h2-6,16H,7-8H2,1H3,(H,17,18). The van der Waals surface area contributed by atoms with Gasteiger partial charge in [0.15, 0.2) is 0 Å². The van der Waals surface area contributed by atoms with Gasteiger partial charge in [-0.1, -0.05) is 24.3 Å². The van der Waals surface area contributed by atoms with E-state index in [9.17, 15) is 4.79 Å². The van der Waals surface area contributed by atoms with E-state index in [0.29, 0.717) is 12.4 Å². The summed E-state index contributed by atoms with van der Waals surface area (Å²) >= 11 is 0. The van der Waals surface area contributed by atoms with Crippen molar-refractivity contribution in [1.29, 1.82) is 0 Å². The summed E-state index contributed by atoms with van der Waals surface area (Å²) in [6, 6.07) is 7.39. The Morgan fingerprint density at radius 1 is 1.28 bits per heavy atom. The predicted octanol–water partition coefficient (Wildman–Crippen LogP) is 1.43. The van der Waals surface area contributed by atoms with Gasteiger partial charge in [-0.05, 0) is 18.1 Å². The van der Waals surface area contributed by atoms with Crippen LogP contribution in [0.25, 0.3) is 0 Å². The first-order valence-corrected chi connectivity index (χ1v) is 5.56. The lowest BCUT2D eigenvalue weighted by molar-refractivity contribution is 0.0685. The first-order chi connectivity index (χ1) is 8.61. The molecule has 1 heterocycles. The van der Waals surface area contributed by atoms with E-state index in [1.165, 1.54) is 6.20 Å². The monoisotopic (exact) mass is 246 g/mol. The van der Waals surface area contributed by atoms with E-state index in [2.05, 4.69) is 4.98 Å². The van der Waals surface area contributed by atoms with Gasteiger partial charge in [0.25, 0.3) is 0 Å². The third-order valence-electron chi connectivity index (χ3n) is 2.82. The Labute approximate surface area is 104 Å². The number of hydrogen-bond donors (Lipinski definition) is 2. The van der Waals surface area contributed by atoms with Gasteiger partial charge >= 0.3 is 5.97 Å². The highest BCUT2D eigenvalue weighted by atomic mass is 16.4. The molecule has 5 nitrogen and oxygen atoms in total. The summed E-state index contributed by atoms with van der Waals surface area (Å²) in [5.41, 5.74) is 1.98. The zero-order valence-corrected chi connectivity index (χ0v) is 10.00. The van der Waals surface area contributed by atoms with Crippen LogP contribution in [-0.4, -0.2) is 25.7 Å². The Morgan fingerprint density at radius 3 is 2.44 bits per heavy atom. The number of aromatic carboxylic acids is 1. The highest BCUT2D eigenvalue weighted by Crippen LogP contribution is 2.11. The summed E-state index contributed by atoms with van der Waals surface area (Å²) in [6.07, 6.45) is 1.36. The van der Waals surface area contributed by atoms with Gasteiger partial charge in [-0.15, -0.1) is 0 Å². The van der Waals surface area contributed by atoms with Gasteiger partial charge in [0.05, 0.1) is 12.8 Å². The fourth-order valence-electron chi connectivity index (χ4n) is 1.77. The minimum atomic E-state index is -0.984. The van der Waals surface area contributed by atoms with Crippen LogP contribution in [-0.2, 0) is 13.2 Å². The molecule has 0 aliphatic rings. The molecule has 0 saturated heterocycles. The number of hydrogen-bond acceptors (Lipinski definition) is 3. The third kappa shape index (κ3) is 2.41. The normalized spacial score (nSPS) is 10.6. The van der Waals surface area contributed by atoms with Crippen LogP contribution < -0.4 is 0 Å². The van der Waals surface area contributed by atoms with Gasteiger partial charge in [-0.25, -0.2) is 9.78 Å². The molecule has 0 atom stereocenters. The number of carboxylic acid groups (broad SMARTS) is 1. The van der Waals surface area contributed by atoms with Crippen LogP contribution in [0.4, 0.5) is 0 Å². The number of aromatic nitrogens is 2. The molecular formula is C13H14N2O3. The molecule has 18 heavy (non-hydrogen) atoms. The molecule has 94 valence electrons. The zero-order valence-electron chi connectivity index (χ0n) is 10.00. The van der Waals surface area contributed by atoms with E-state index in [4.69, 9.17) is 10.2 Å². The Hall–Kier alpha value is -2.14. The van der Waals surface area contributed by atoms with E-state index in [0.717, 1.165) is 11.1 Å². The molecule has 2 aromatic rings. The molecule has 0 aliphatic carbocycles. The fourth-order valence-corrected chi connectivity index (χ4v) is 1.77. The lowest BCUT2D eigenvalue weighted by Crippen LogP contribution is -2.10. The SMILES string of the molecule is Cc1ncc(C(=O)O)n1Cc1ccc(CO)cc1. The second-order valence-corrected chi connectivity index (χ2v) is 4.06. The highest BCUT2D eigenvalue weighted by molar-refractivity contribution is 5.85. The lowest BCUT2D eigenvalue weighted by Gasteiger charge is -2.08. The van der Waals surface area contributed by atoms with E-state index in [1.54, 1.807) is 11.5 Å². The minimum Gasteiger partial charge on any atom is -0.477 e. The summed E-state index contributed by atoms with van der Waals surface area (Å²) in [7, 11) is 0. The quantitative estimate of drug-likeness (QED) is 0.855. The van der Waals surface area contributed by atoms with Crippen LogP contribution in [0.5, 0.6) is 0 Å². The molecule has 0 fully saturated rings. The van der Waals surface area contributed by atoms with Gasteiger partial charge in [0.1, 0.15) is 11.5 Å². The molecule has 5 heteroatoms. The van der Waals surface area contributed by atoms with Gasteiger partial charge in [0, 0.05) is 6.54 Å². The molecule has 2 rings (SSSR count). The molecule has 1 aromatic carbocycles. The van der Waals surface area contributed by atoms with Crippen molar-refractivity contribution in [1.82, 2.24) is 9.55 Å². The average Bonchev–Trinajstić information content (AvgIpc) is 2.72. The molecule has 2 N–H and O–H groups in total. The van der Waals surface area contributed by atoms with Gasteiger partial charge in [-0.3, -0.25) is 0 Å². The maximum absolute atomic E-state index is 11.0. The Balaban J connectivity index is 2.27. The van der Waals surface area contributed by atoms with Crippen molar-refractivity contribution < 1.29 is 15.0 Å². The predicted molar refractivity (Wildman–Crippen MR) is 65.4 cm³/mol. The Kier molecular flexibility index (Phi) is 3.43. The number of benzene rings is 1. The number of aliphatic hydroxyl groups is 1. The Bertz CT molecular complexity index is 558. The molecule has 0 unspecified atom stereocenters.